The summed E-state index contributed by atoms with van der Waals surface area (Å²) in [4.78, 5) is 13.1. The molecule has 0 saturated heterocycles. The van der Waals surface area contributed by atoms with E-state index >= 15 is 0 Å². The van der Waals surface area contributed by atoms with Gasteiger partial charge in [0.1, 0.15) is 11.6 Å². The number of carbonyl (C=O) groups is 1. The fourth-order valence-corrected chi connectivity index (χ4v) is 1.66. The van der Waals surface area contributed by atoms with Gasteiger partial charge in [-0.25, -0.2) is 4.39 Å². The van der Waals surface area contributed by atoms with Crippen LogP contribution in [0, 0.1) is 5.82 Å². The van der Waals surface area contributed by atoms with E-state index in [4.69, 9.17) is 0 Å². The highest BCUT2D eigenvalue weighted by Gasteiger charge is 2.22. The number of rotatable bonds is 4. The van der Waals surface area contributed by atoms with E-state index in [-0.39, 0.29) is 23.7 Å². The number of likely N-dealkylation sites (N-methyl/N-ethyl adjacent to an activating group) is 1. The van der Waals surface area contributed by atoms with Crippen LogP contribution < -0.4 is 0 Å². The van der Waals surface area contributed by atoms with Crippen LogP contribution in [0.4, 0.5) is 4.39 Å². The van der Waals surface area contributed by atoms with E-state index < -0.39 is 0 Å². The van der Waals surface area contributed by atoms with Crippen LogP contribution in [0.2, 0.25) is 0 Å². The lowest BCUT2D eigenvalue weighted by Gasteiger charge is -2.29. The fourth-order valence-electron chi connectivity index (χ4n) is 1.66. The molecule has 0 aliphatic rings. The van der Waals surface area contributed by atoms with E-state index in [1.807, 2.05) is 25.8 Å². The predicted octanol–water partition coefficient (Wildman–Crippen LogP) is 2.80. The Morgan fingerprint density at radius 1 is 1.31 bits per heavy atom. The number of ketones is 1. The molecule has 0 fully saturated rings. The summed E-state index contributed by atoms with van der Waals surface area (Å²) in [6.07, 6.45) is 0. The molecule has 2 unspecified atom stereocenters. The zero-order valence-electron chi connectivity index (χ0n) is 10.2. The quantitative estimate of drug-likeness (QED) is 0.782. The summed E-state index contributed by atoms with van der Waals surface area (Å²) >= 11 is 0. The maximum absolute atomic E-state index is 13.6. The highest BCUT2D eigenvalue weighted by Crippen LogP contribution is 2.23. The third-order valence-corrected chi connectivity index (χ3v) is 3.17. The topological polar surface area (TPSA) is 20.3 Å². The number of halogens is 1. The van der Waals surface area contributed by atoms with Crippen molar-refractivity contribution in [3.05, 3.63) is 35.6 Å². The second-order valence-corrected chi connectivity index (χ2v) is 4.15. The van der Waals surface area contributed by atoms with Gasteiger partial charge in [-0.05, 0) is 33.9 Å². The average molecular weight is 223 g/mol. The van der Waals surface area contributed by atoms with Gasteiger partial charge >= 0.3 is 0 Å². The smallest absolute Gasteiger partial charge is 0.146 e. The van der Waals surface area contributed by atoms with Crippen molar-refractivity contribution in [1.29, 1.82) is 0 Å². The van der Waals surface area contributed by atoms with Gasteiger partial charge in [0, 0.05) is 11.6 Å². The summed E-state index contributed by atoms with van der Waals surface area (Å²) in [5, 5.41) is 0. The van der Waals surface area contributed by atoms with Crippen molar-refractivity contribution in [2.75, 3.05) is 7.05 Å². The van der Waals surface area contributed by atoms with Crippen molar-refractivity contribution in [3.63, 3.8) is 0 Å². The number of hydrogen-bond acceptors (Lipinski definition) is 2. The highest BCUT2D eigenvalue weighted by atomic mass is 19.1. The zero-order valence-corrected chi connectivity index (χ0v) is 10.2. The minimum atomic E-state index is -0.224. The molecule has 0 N–H and O–H groups in total. The molecule has 88 valence electrons. The largest absolute Gasteiger partial charge is 0.298 e. The molecule has 2 atom stereocenters. The molecule has 3 heteroatoms. The second-order valence-electron chi connectivity index (χ2n) is 4.15. The summed E-state index contributed by atoms with van der Waals surface area (Å²) in [6.45, 7) is 5.28. The first-order valence-electron chi connectivity index (χ1n) is 5.42. The molecule has 1 aromatic rings. The van der Waals surface area contributed by atoms with Crippen molar-refractivity contribution in [3.8, 4) is 0 Å². The van der Waals surface area contributed by atoms with E-state index in [1.54, 1.807) is 25.1 Å². The van der Waals surface area contributed by atoms with E-state index in [0.717, 1.165) is 0 Å². The lowest BCUT2D eigenvalue weighted by molar-refractivity contribution is -0.121. The Morgan fingerprint density at radius 3 is 2.38 bits per heavy atom. The van der Waals surface area contributed by atoms with Crippen LogP contribution in [0.5, 0.6) is 0 Å². The summed E-state index contributed by atoms with van der Waals surface area (Å²) in [7, 11) is 1.84. The SMILES string of the molecule is CC(=O)C(C)N(C)C(C)c1ccccc1F. The summed E-state index contributed by atoms with van der Waals surface area (Å²) in [6, 6.07) is 6.36. The van der Waals surface area contributed by atoms with E-state index in [2.05, 4.69) is 0 Å². The average Bonchev–Trinajstić information content (AvgIpc) is 2.26. The van der Waals surface area contributed by atoms with Crippen LogP contribution in [0.15, 0.2) is 24.3 Å². The Morgan fingerprint density at radius 2 is 1.88 bits per heavy atom. The van der Waals surface area contributed by atoms with E-state index in [0.29, 0.717) is 5.56 Å². The first kappa shape index (κ1) is 12.8. The van der Waals surface area contributed by atoms with Crippen LogP contribution in [0.1, 0.15) is 32.4 Å². The summed E-state index contributed by atoms with van der Waals surface area (Å²) < 4.78 is 13.6. The maximum Gasteiger partial charge on any atom is 0.146 e. The standard InChI is InChI=1S/C13H18FNO/c1-9(11(3)16)15(4)10(2)12-7-5-6-8-13(12)14/h5-10H,1-4H3. The molecular formula is C13H18FNO. The maximum atomic E-state index is 13.6. The van der Waals surface area contributed by atoms with Crippen LogP contribution in [0.25, 0.3) is 0 Å². The minimum absolute atomic E-state index is 0.0886. The van der Waals surface area contributed by atoms with Crippen LogP contribution in [-0.2, 0) is 4.79 Å². The molecule has 0 heterocycles. The van der Waals surface area contributed by atoms with E-state index in [1.165, 1.54) is 6.07 Å². The highest BCUT2D eigenvalue weighted by molar-refractivity contribution is 5.80. The molecular weight excluding hydrogens is 205 g/mol. The molecule has 2 nitrogen and oxygen atoms in total. The van der Waals surface area contributed by atoms with Gasteiger partial charge in [-0.3, -0.25) is 9.69 Å². The van der Waals surface area contributed by atoms with Gasteiger partial charge in [-0.1, -0.05) is 18.2 Å². The minimum Gasteiger partial charge on any atom is -0.298 e. The fraction of sp³-hybridized carbons (Fsp3) is 0.462. The van der Waals surface area contributed by atoms with Crippen molar-refractivity contribution >= 4 is 5.78 Å². The molecule has 1 aromatic carbocycles. The Hall–Kier alpha value is -1.22. The first-order valence-corrected chi connectivity index (χ1v) is 5.42. The van der Waals surface area contributed by atoms with Gasteiger partial charge in [0.15, 0.2) is 0 Å². The van der Waals surface area contributed by atoms with Gasteiger partial charge in [0.25, 0.3) is 0 Å². The predicted molar refractivity (Wildman–Crippen MR) is 62.7 cm³/mol. The van der Waals surface area contributed by atoms with E-state index in [9.17, 15) is 9.18 Å². The van der Waals surface area contributed by atoms with Crippen LogP contribution in [-0.4, -0.2) is 23.8 Å². The van der Waals surface area contributed by atoms with Crippen molar-refractivity contribution < 1.29 is 9.18 Å². The third kappa shape index (κ3) is 2.67. The number of hydrogen-bond donors (Lipinski definition) is 0. The first-order chi connectivity index (χ1) is 7.45. The monoisotopic (exact) mass is 223 g/mol. The third-order valence-electron chi connectivity index (χ3n) is 3.17. The zero-order chi connectivity index (χ0) is 12.3. The van der Waals surface area contributed by atoms with Gasteiger partial charge in [0.2, 0.25) is 0 Å². The Balaban J connectivity index is 2.90. The molecule has 0 amide bonds. The van der Waals surface area contributed by atoms with Crippen molar-refractivity contribution in [1.82, 2.24) is 4.90 Å². The van der Waals surface area contributed by atoms with Crippen molar-refractivity contribution in [2.24, 2.45) is 0 Å². The molecule has 16 heavy (non-hydrogen) atoms. The number of nitrogens with zero attached hydrogens (tertiary/aromatic N) is 1. The number of Topliss-reactive ketones (excluding diaryl/α,β-unsaturated/α-hetero) is 1. The molecule has 0 aromatic heterocycles. The number of carbonyl (C=O) groups excluding carboxylic acids is 1. The summed E-state index contributed by atoms with van der Waals surface area (Å²) in [5.41, 5.74) is 0.623. The molecule has 0 spiro atoms. The van der Waals surface area contributed by atoms with Gasteiger partial charge in [-0.2, -0.15) is 0 Å². The van der Waals surface area contributed by atoms with Gasteiger partial charge < -0.3 is 0 Å². The lowest BCUT2D eigenvalue weighted by Crippen LogP contribution is -2.36. The Bertz CT molecular complexity index is 378. The normalized spacial score (nSPS) is 14.9. The Labute approximate surface area is 96.1 Å². The van der Waals surface area contributed by atoms with Gasteiger partial charge in [-0.15, -0.1) is 0 Å². The Kier molecular flexibility index (Phi) is 4.19. The van der Waals surface area contributed by atoms with Crippen molar-refractivity contribution in [2.45, 2.75) is 32.9 Å². The summed E-state index contributed by atoms with van der Waals surface area (Å²) in [5.74, 6) is -0.136. The molecule has 0 aliphatic heterocycles. The second kappa shape index (κ2) is 5.21. The molecule has 0 aliphatic carbocycles. The molecule has 1 rings (SSSR count). The molecule has 0 radical (unpaired) electrons. The lowest BCUT2D eigenvalue weighted by atomic mass is 10.0. The van der Waals surface area contributed by atoms with Crippen LogP contribution in [0.3, 0.4) is 0 Å². The van der Waals surface area contributed by atoms with Crippen LogP contribution >= 0.6 is 0 Å². The van der Waals surface area contributed by atoms with Gasteiger partial charge in [0.05, 0.1) is 6.04 Å². The number of benzene rings is 1. The molecule has 0 bridgehead atoms. The molecule has 0 saturated carbocycles.